The van der Waals surface area contributed by atoms with Crippen LogP contribution in [0.25, 0.3) is 0 Å². The molecule has 0 atom stereocenters. The molecule has 0 rings (SSSR count). The van der Waals surface area contributed by atoms with Crippen molar-refractivity contribution in [2.45, 2.75) is 0 Å². The molecule has 48 valence electrons. The molecule has 0 radical (unpaired) electrons. The van der Waals surface area contributed by atoms with E-state index in [1.54, 1.807) is 0 Å². The molecule has 6 heteroatoms. The van der Waals surface area contributed by atoms with Crippen LogP contribution in [0.1, 0.15) is 0 Å². The highest BCUT2D eigenvalue weighted by Crippen LogP contribution is 0.424. The Morgan fingerprint density at radius 3 is 0.333 bits per heavy atom. The molecule has 0 heterocycles. The molecule has 0 amide bonds. The molecule has 0 aromatic rings. The lowest BCUT2D eigenvalue weighted by atomic mass is 19.0. The molecule has 0 N–H and O–H groups in total. The van der Waals surface area contributed by atoms with Gasteiger partial charge in [0.15, 0.2) is 0 Å². The van der Waals surface area contributed by atoms with Gasteiger partial charge in [-0.2, -0.15) is 0 Å². The van der Waals surface area contributed by atoms with Crippen LogP contribution in [0.2, 0.25) is 0 Å². The van der Waals surface area contributed by atoms with E-state index in [0.717, 1.165) is 0 Å². The van der Waals surface area contributed by atoms with Crippen molar-refractivity contribution in [2.75, 3.05) is 0 Å². The molecule has 0 spiro atoms. The summed E-state index contributed by atoms with van der Waals surface area (Å²) in [4.78, 5) is 0. The molecule has 0 aromatic heterocycles. The predicted molar refractivity (Wildman–Crippen MR) is 23.8 cm³/mol. The van der Waals surface area contributed by atoms with Gasteiger partial charge in [-0.15, -0.1) is 0 Å². The van der Waals surface area contributed by atoms with Crippen LogP contribution in [0.4, 0.5) is 23.5 Å². The van der Waals surface area contributed by atoms with Crippen molar-refractivity contribution in [1.82, 2.24) is 0 Å². The summed E-state index contributed by atoms with van der Waals surface area (Å²) in [5, 5.41) is 0. The van der Waals surface area contributed by atoms with Gasteiger partial charge in [0.1, 0.15) is 0 Å². The van der Waals surface area contributed by atoms with E-state index in [4.69, 9.17) is 0 Å². The minimum absolute atomic E-state index is 0. The smallest absolute Gasteiger partial charge is 0.0149 e. The molecule has 0 aliphatic heterocycles. The average molecular weight is 132 g/mol. The van der Waals surface area contributed by atoms with Gasteiger partial charge in [-0.25, -0.2) is 0 Å². The topological polar surface area (TPSA) is 0 Å². The monoisotopic (exact) mass is 132 g/mol. The Kier molecular flexibility index (Phi) is 5370000. The quantitative estimate of drug-likeness (QED) is 0.302. The minimum Gasteiger partial charge on any atom is -0.269 e. The second kappa shape index (κ2) is 4110. The molecule has 0 aliphatic rings. The molecule has 0 bridgehead atoms. The first-order chi connectivity index (χ1) is 0. The van der Waals surface area contributed by atoms with E-state index in [0.29, 0.717) is 0 Å². The maximum absolute atomic E-state index is 0. The first-order valence-electron chi connectivity index (χ1n) is 0. The van der Waals surface area contributed by atoms with E-state index in [2.05, 4.69) is 0 Å². The standard InChI is InChI=1S/5FH.H4Si/h5*1H;1H4. The third kappa shape index (κ3) is 1790. The van der Waals surface area contributed by atoms with E-state index in [1.807, 2.05) is 0 Å². The minimum atomic E-state index is 0. The Hall–Kier alpha value is -0.133. The van der Waals surface area contributed by atoms with E-state index >= 15 is 0 Å². The van der Waals surface area contributed by atoms with Crippen LogP contribution in [-0.2, 0) is 0 Å². The van der Waals surface area contributed by atoms with Crippen molar-refractivity contribution in [3.05, 3.63) is 0 Å². The van der Waals surface area contributed by atoms with Crippen LogP contribution in [0.5, 0.6) is 0 Å². The van der Waals surface area contributed by atoms with Crippen molar-refractivity contribution in [1.29, 1.82) is 0 Å². The number of rotatable bonds is 0. The summed E-state index contributed by atoms with van der Waals surface area (Å²) in [6.45, 7) is 0. The molecule has 0 saturated heterocycles. The first-order valence-corrected chi connectivity index (χ1v) is 0. The number of hydrogen-bond acceptors (Lipinski definition) is 0. The lowest BCUT2D eigenvalue weighted by Crippen LogP contribution is -0.381. The van der Waals surface area contributed by atoms with Crippen molar-refractivity contribution in [3.63, 3.8) is 0 Å². The summed E-state index contributed by atoms with van der Waals surface area (Å²) >= 11 is 0. The highest BCUT2D eigenvalue weighted by atomic mass is 28.1. The maximum atomic E-state index is 0. The van der Waals surface area contributed by atoms with Gasteiger partial charge in [0.05, 0.1) is 0 Å². The van der Waals surface area contributed by atoms with E-state index in [-0.39, 0.29) is 34.5 Å². The third-order valence-corrected chi connectivity index (χ3v) is 0. The number of hydrogen-bond donors (Lipinski definition) is 0. The van der Waals surface area contributed by atoms with Gasteiger partial charge >= 0.3 is 0 Å². The van der Waals surface area contributed by atoms with E-state index < -0.39 is 0 Å². The molecule has 0 saturated carbocycles. The van der Waals surface area contributed by atoms with Crippen LogP contribution < -0.4 is 0 Å². The molecular formula is H9F5Si. The van der Waals surface area contributed by atoms with Crippen LogP contribution in [0.3, 0.4) is 0 Å². The van der Waals surface area contributed by atoms with Crippen molar-refractivity contribution in [3.8, 4) is 0 Å². The Balaban J connectivity index is 0. The summed E-state index contributed by atoms with van der Waals surface area (Å²) in [6.07, 6.45) is 0. The lowest BCUT2D eigenvalue weighted by molar-refractivity contribution is 1.11. The Morgan fingerprint density at radius 2 is 0.333 bits per heavy atom. The van der Waals surface area contributed by atoms with Crippen molar-refractivity contribution < 1.29 is 23.5 Å². The Morgan fingerprint density at radius 1 is 0.333 bits per heavy atom. The zero-order valence-corrected chi connectivity index (χ0v) is 2.04. The molecule has 0 fully saturated rings. The first kappa shape index (κ1) is 7840. The predicted octanol–water partition coefficient (Wildman–Crippen LogP) is -0.689. The number of halogens is 5. The summed E-state index contributed by atoms with van der Waals surface area (Å²) in [6, 6.07) is 0. The van der Waals surface area contributed by atoms with Crippen molar-refractivity contribution in [2.24, 2.45) is 0 Å². The van der Waals surface area contributed by atoms with Gasteiger partial charge in [0.25, 0.3) is 0 Å². The zero-order valence-electron chi connectivity index (χ0n) is 2.04. The molecule has 0 unspecified atom stereocenters. The lowest BCUT2D eigenvalue weighted by Gasteiger charge is -0.270. The maximum Gasteiger partial charge on any atom is -0.0149 e. The second-order valence-electron chi connectivity index (χ2n) is 0. The largest absolute Gasteiger partial charge is 0.269 e. The normalized spacial score (nSPS) is 0. The van der Waals surface area contributed by atoms with Gasteiger partial charge in [-0.1, -0.05) is 0 Å². The SMILES string of the molecule is F.F.F.F.F.[SiH4]. The summed E-state index contributed by atoms with van der Waals surface area (Å²) in [5.74, 6) is 0. The fraction of sp³-hybridized carbons (Fsp3) is 0. The highest BCUT2D eigenvalue weighted by molar-refractivity contribution is 5.75. The fourth-order valence-electron chi connectivity index (χ4n) is 0. The van der Waals surface area contributed by atoms with Crippen LogP contribution in [0.15, 0.2) is 0 Å². The van der Waals surface area contributed by atoms with Gasteiger partial charge in [0, 0.05) is 0 Å². The zero-order chi connectivity index (χ0) is 0. The summed E-state index contributed by atoms with van der Waals surface area (Å²) < 4.78 is 0. The highest BCUT2D eigenvalue weighted by Gasteiger charge is -0.0148. The molecule has 0 aliphatic carbocycles. The molecule has 0 aromatic carbocycles. The molecule has 6 heavy (non-hydrogen) atoms. The second-order valence-corrected chi connectivity index (χ2v) is 0. The van der Waals surface area contributed by atoms with Gasteiger partial charge in [-0.3, -0.25) is 23.5 Å². The van der Waals surface area contributed by atoms with Crippen LogP contribution >= 0.6 is 0 Å². The van der Waals surface area contributed by atoms with Gasteiger partial charge < -0.3 is 0 Å². The third-order valence-electron chi connectivity index (χ3n) is 0. The van der Waals surface area contributed by atoms with E-state index in [9.17, 15) is 0 Å². The van der Waals surface area contributed by atoms with Crippen LogP contribution in [0, 0.1) is 0 Å². The fourth-order valence-corrected chi connectivity index (χ4v) is 0. The summed E-state index contributed by atoms with van der Waals surface area (Å²) in [7, 11) is 0. The average Bonchev–Trinajstić information content (AvgIpc) is 0. The Bertz CT molecular complexity index is 3.90. The van der Waals surface area contributed by atoms with Gasteiger partial charge in [-0.05, 0) is 11.0 Å². The Labute approximate surface area is 35.8 Å². The summed E-state index contributed by atoms with van der Waals surface area (Å²) in [5.41, 5.74) is 0. The molecule has 0 nitrogen and oxygen atoms in total. The molecular weight excluding hydrogens is 123 g/mol. The van der Waals surface area contributed by atoms with E-state index in [1.165, 1.54) is 0 Å². The van der Waals surface area contributed by atoms with Crippen LogP contribution in [-0.4, -0.2) is 11.0 Å². The van der Waals surface area contributed by atoms with Crippen molar-refractivity contribution >= 4 is 11.0 Å². The van der Waals surface area contributed by atoms with Gasteiger partial charge in [0.2, 0.25) is 0 Å².